The van der Waals surface area contributed by atoms with Gasteiger partial charge >= 0.3 is 5.97 Å². The summed E-state index contributed by atoms with van der Waals surface area (Å²) in [5.41, 5.74) is 1.46. The van der Waals surface area contributed by atoms with E-state index >= 15 is 0 Å². The molecule has 0 saturated carbocycles. The van der Waals surface area contributed by atoms with Gasteiger partial charge in [-0.3, -0.25) is 4.98 Å². The molecule has 0 unspecified atom stereocenters. The zero-order chi connectivity index (χ0) is 11.5. The zero-order valence-corrected chi connectivity index (χ0v) is 8.98. The standard InChI is InChI=1S/C12H8ClNO2/c13-10-3-1-2-9-8(4-5-11(15)16)6-7-14-12(9)10/h1-7H,(H,15,16)/b5-4-. The first kappa shape index (κ1) is 10.6. The molecule has 0 bridgehead atoms. The van der Waals surface area contributed by atoms with Crippen LogP contribution in [0.2, 0.25) is 5.02 Å². The van der Waals surface area contributed by atoms with Crippen molar-refractivity contribution in [3.05, 3.63) is 47.1 Å². The first-order valence-electron chi connectivity index (χ1n) is 4.63. The molecule has 4 heteroatoms. The van der Waals surface area contributed by atoms with Crippen LogP contribution >= 0.6 is 11.6 Å². The second kappa shape index (κ2) is 4.33. The van der Waals surface area contributed by atoms with Gasteiger partial charge in [0, 0.05) is 17.7 Å². The molecular weight excluding hydrogens is 226 g/mol. The number of fused-ring (bicyclic) bond motifs is 1. The molecule has 2 rings (SSSR count). The van der Waals surface area contributed by atoms with Crippen LogP contribution in [0.3, 0.4) is 0 Å². The van der Waals surface area contributed by atoms with Gasteiger partial charge < -0.3 is 5.11 Å². The predicted molar refractivity (Wildman–Crippen MR) is 63.4 cm³/mol. The topological polar surface area (TPSA) is 50.2 Å². The fourth-order valence-corrected chi connectivity index (χ4v) is 1.69. The van der Waals surface area contributed by atoms with Gasteiger partial charge in [0.2, 0.25) is 0 Å². The first-order chi connectivity index (χ1) is 7.68. The van der Waals surface area contributed by atoms with E-state index in [4.69, 9.17) is 16.7 Å². The van der Waals surface area contributed by atoms with Gasteiger partial charge in [0.25, 0.3) is 0 Å². The number of pyridine rings is 1. The van der Waals surface area contributed by atoms with E-state index in [0.717, 1.165) is 17.0 Å². The number of hydrogen-bond acceptors (Lipinski definition) is 2. The Bertz CT molecular complexity index is 578. The van der Waals surface area contributed by atoms with Crippen molar-refractivity contribution < 1.29 is 9.90 Å². The summed E-state index contributed by atoms with van der Waals surface area (Å²) in [6.45, 7) is 0. The van der Waals surface area contributed by atoms with E-state index in [0.29, 0.717) is 10.5 Å². The van der Waals surface area contributed by atoms with Crippen molar-refractivity contribution in [1.29, 1.82) is 0 Å². The minimum atomic E-state index is -0.980. The van der Waals surface area contributed by atoms with Gasteiger partial charge in [-0.05, 0) is 23.8 Å². The Morgan fingerprint density at radius 3 is 2.94 bits per heavy atom. The van der Waals surface area contributed by atoms with Gasteiger partial charge in [-0.15, -0.1) is 0 Å². The quantitative estimate of drug-likeness (QED) is 0.812. The summed E-state index contributed by atoms with van der Waals surface area (Å²) in [6, 6.07) is 7.17. The van der Waals surface area contributed by atoms with Crippen LogP contribution in [-0.4, -0.2) is 16.1 Å². The largest absolute Gasteiger partial charge is 0.478 e. The molecule has 1 aromatic heterocycles. The average molecular weight is 234 g/mol. The molecule has 0 saturated heterocycles. The molecule has 0 amide bonds. The molecule has 3 nitrogen and oxygen atoms in total. The van der Waals surface area contributed by atoms with Crippen LogP contribution < -0.4 is 0 Å². The van der Waals surface area contributed by atoms with Crippen molar-refractivity contribution in [3.8, 4) is 0 Å². The number of benzene rings is 1. The number of hydrogen-bond donors (Lipinski definition) is 1. The third-order valence-corrected chi connectivity index (χ3v) is 2.47. The monoisotopic (exact) mass is 233 g/mol. The molecule has 2 aromatic rings. The molecule has 80 valence electrons. The fraction of sp³-hybridized carbons (Fsp3) is 0. The maximum atomic E-state index is 10.4. The van der Waals surface area contributed by atoms with E-state index in [1.165, 1.54) is 6.08 Å². The molecule has 0 spiro atoms. The fourth-order valence-electron chi connectivity index (χ4n) is 1.47. The molecule has 1 aromatic carbocycles. The van der Waals surface area contributed by atoms with Crippen molar-refractivity contribution >= 4 is 34.5 Å². The third kappa shape index (κ3) is 2.04. The highest BCUT2D eigenvalue weighted by Crippen LogP contribution is 2.24. The van der Waals surface area contributed by atoms with Crippen molar-refractivity contribution in [2.75, 3.05) is 0 Å². The van der Waals surface area contributed by atoms with Crippen LogP contribution in [0.15, 0.2) is 36.5 Å². The zero-order valence-electron chi connectivity index (χ0n) is 8.22. The molecule has 0 atom stereocenters. The lowest BCUT2D eigenvalue weighted by Gasteiger charge is -2.02. The van der Waals surface area contributed by atoms with Crippen molar-refractivity contribution in [1.82, 2.24) is 4.98 Å². The Labute approximate surface area is 97.0 Å². The molecule has 1 heterocycles. The third-order valence-electron chi connectivity index (χ3n) is 2.16. The van der Waals surface area contributed by atoms with E-state index in [9.17, 15) is 4.79 Å². The van der Waals surface area contributed by atoms with Crippen molar-refractivity contribution in [3.63, 3.8) is 0 Å². The number of halogens is 1. The number of aliphatic carboxylic acids is 1. The molecular formula is C12H8ClNO2. The Kier molecular flexibility index (Phi) is 2.88. The molecule has 0 aliphatic rings. The summed E-state index contributed by atoms with van der Waals surface area (Å²) in [6.07, 6.45) is 4.23. The van der Waals surface area contributed by atoms with E-state index in [1.807, 2.05) is 12.1 Å². The van der Waals surface area contributed by atoms with Gasteiger partial charge in [0.15, 0.2) is 0 Å². The number of aromatic nitrogens is 1. The van der Waals surface area contributed by atoms with Crippen LogP contribution in [0.5, 0.6) is 0 Å². The summed E-state index contributed by atoms with van der Waals surface area (Å²) in [7, 11) is 0. The van der Waals surface area contributed by atoms with Gasteiger partial charge in [0.1, 0.15) is 0 Å². The molecule has 0 aliphatic heterocycles. The Morgan fingerprint density at radius 2 is 2.19 bits per heavy atom. The van der Waals surface area contributed by atoms with Crippen molar-refractivity contribution in [2.45, 2.75) is 0 Å². The van der Waals surface area contributed by atoms with Gasteiger partial charge in [0.05, 0.1) is 10.5 Å². The first-order valence-corrected chi connectivity index (χ1v) is 5.00. The summed E-state index contributed by atoms with van der Waals surface area (Å²) >= 11 is 5.99. The summed E-state index contributed by atoms with van der Waals surface area (Å²) < 4.78 is 0. The Balaban J connectivity index is 2.63. The van der Waals surface area contributed by atoms with Crippen molar-refractivity contribution in [2.24, 2.45) is 0 Å². The maximum absolute atomic E-state index is 10.4. The van der Waals surface area contributed by atoms with E-state index in [2.05, 4.69) is 4.98 Å². The highest BCUT2D eigenvalue weighted by molar-refractivity contribution is 6.35. The maximum Gasteiger partial charge on any atom is 0.328 e. The number of para-hydroxylation sites is 1. The Morgan fingerprint density at radius 1 is 1.38 bits per heavy atom. The van der Waals surface area contributed by atoms with Gasteiger partial charge in [-0.1, -0.05) is 23.7 Å². The van der Waals surface area contributed by atoms with Gasteiger partial charge in [-0.25, -0.2) is 4.79 Å². The normalized spacial score (nSPS) is 11.1. The minimum Gasteiger partial charge on any atom is -0.478 e. The smallest absolute Gasteiger partial charge is 0.328 e. The summed E-state index contributed by atoms with van der Waals surface area (Å²) in [5, 5.41) is 9.97. The van der Waals surface area contributed by atoms with E-state index in [1.54, 1.807) is 18.3 Å². The highest BCUT2D eigenvalue weighted by atomic mass is 35.5. The van der Waals surface area contributed by atoms with Crippen LogP contribution in [0, 0.1) is 0 Å². The molecule has 16 heavy (non-hydrogen) atoms. The molecule has 0 fully saturated rings. The number of rotatable bonds is 2. The number of carbonyl (C=O) groups is 1. The molecule has 0 radical (unpaired) electrons. The lowest BCUT2D eigenvalue weighted by Crippen LogP contribution is -1.87. The van der Waals surface area contributed by atoms with Crippen LogP contribution in [0.25, 0.3) is 17.0 Å². The lowest BCUT2D eigenvalue weighted by atomic mass is 10.1. The van der Waals surface area contributed by atoms with Crippen LogP contribution in [0.4, 0.5) is 0 Å². The molecule has 1 N–H and O–H groups in total. The van der Waals surface area contributed by atoms with Crippen LogP contribution in [0.1, 0.15) is 5.56 Å². The second-order valence-corrected chi connectivity index (χ2v) is 3.61. The highest BCUT2D eigenvalue weighted by Gasteiger charge is 2.02. The second-order valence-electron chi connectivity index (χ2n) is 3.21. The SMILES string of the molecule is O=C(O)/C=C\c1ccnc2c(Cl)cccc12. The lowest BCUT2D eigenvalue weighted by molar-refractivity contribution is -0.131. The number of nitrogens with zero attached hydrogens (tertiary/aromatic N) is 1. The van der Waals surface area contributed by atoms with E-state index in [-0.39, 0.29) is 0 Å². The van der Waals surface area contributed by atoms with Gasteiger partial charge in [-0.2, -0.15) is 0 Å². The average Bonchev–Trinajstić information content (AvgIpc) is 2.27. The van der Waals surface area contributed by atoms with E-state index < -0.39 is 5.97 Å². The Hall–Kier alpha value is -1.87. The summed E-state index contributed by atoms with van der Waals surface area (Å²) in [4.78, 5) is 14.6. The van der Waals surface area contributed by atoms with Crippen LogP contribution in [-0.2, 0) is 4.79 Å². The number of carboxylic acid groups (broad SMARTS) is 1. The predicted octanol–water partition coefficient (Wildman–Crippen LogP) is 2.99. The number of carboxylic acids is 1. The molecule has 0 aliphatic carbocycles. The minimum absolute atomic E-state index is 0.558. The summed E-state index contributed by atoms with van der Waals surface area (Å²) in [5.74, 6) is -0.980.